The molecule has 0 bridgehead atoms. The van der Waals surface area contributed by atoms with E-state index in [-0.39, 0.29) is 122 Å². The molecule has 0 aromatic heterocycles. The summed E-state index contributed by atoms with van der Waals surface area (Å²) >= 11 is 0. The minimum absolute atomic E-state index is 0.00486. The van der Waals surface area contributed by atoms with E-state index in [2.05, 4.69) is 39.9 Å². The Morgan fingerprint density at radius 3 is 0.886 bits per heavy atom. The maximum absolute atomic E-state index is 12.6. The zero-order valence-electron chi connectivity index (χ0n) is 73.9. The molecule has 0 N–H and O–H groups in total. The molecule has 0 saturated carbocycles. The van der Waals surface area contributed by atoms with Crippen LogP contribution in [0.1, 0.15) is 172 Å². The molecule has 0 aliphatic rings. The number of ether oxygens (including phenoxy) is 5. The van der Waals surface area contributed by atoms with Crippen LogP contribution in [0.5, 0.6) is 0 Å². The van der Waals surface area contributed by atoms with Crippen LogP contribution in [0, 0.1) is 51.4 Å². The second kappa shape index (κ2) is 57.7. The Bertz CT molecular complexity index is 5890. The minimum atomic E-state index is -1.05. The van der Waals surface area contributed by atoms with E-state index in [1.807, 2.05) is 25.1 Å². The first kappa shape index (κ1) is 107. The van der Waals surface area contributed by atoms with Gasteiger partial charge in [0.2, 0.25) is 48.6 Å². The fourth-order valence-corrected chi connectivity index (χ4v) is 12.6. The van der Waals surface area contributed by atoms with Crippen LogP contribution in [-0.2, 0) is 126 Å². The van der Waals surface area contributed by atoms with Gasteiger partial charge in [-0.05, 0) is 273 Å². The van der Waals surface area contributed by atoms with Crippen LogP contribution >= 0.6 is 0 Å². The highest BCUT2D eigenvalue weighted by Gasteiger charge is 2.28. The van der Waals surface area contributed by atoms with Crippen molar-refractivity contribution in [3.05, 3.63) is 237 Å². The average Bonchev–Trinajstić information content (AvgIpc) is 0.860. The Morgan fingerprint density at radius 1 is 0.295 bits per heavy atom. The predicted molar refractivity (Wildman–Crippen MR) is 478 cm³/mol. The number of nitrogens with zero attached hydrogens (tertiary/aromatic N) is 8. The Morgan fingerprint density at radius 2 is 0.576 bits per heavy atom. The molecule has 0 amide bonds. The van der Waals surface area contributed by atoms with E-state index in [0.717, 1.165) is 44.5 Å². The number of ketones is 8. The van der Waals surface area contributed by atoms with E-state index in [4.69, 9.17) is 23.7 Å². The van der Waals surface area contributed by atoms with Gasteiger partial charge in [0.1, 0.15) is 48.7 Å². The van der Waals surface area contributed by atoms with Gasteiger partial charge in [0.15, 0.2) is 23.5 Å². The highest BCUT2D eigenvalue weighted by Crippen LogP contribution is 2.30. The van der Waals surface area contributed by atoms with Gasteiger partial charge in [-0.25, -0.2) is 57.5 Å². The molecule has 8 rings (SSSR count). The SMILES string of the molecule is CC(=O)C(CC(=O)C(C)OC(=O)c1ccc(N=C=O)cc1)Cc1ccc(C)c(N=C=O)c1.CC(=O)C(CC(=O)CCCCCOC(=O)c1ccc(N=C=O)cc1)Cc1ccc(C)c(N=C=O)c1.CC(=O)C(CC(=O)COC(=O)c1ccc(N=C=O)cc1)Cc1ccc(C)c(N=C=O)c1.CC(=O)C(CC(=O)COCCOC(=O)c1ccc(N=C=O)cc1)Cc1ccc(C)c(N=C=O)c1. The Kier molecular flexibility index (Phi) is 46.5. The number of Topliss-reactive ketones (excluding diaryl/α,β-unsaturated/α-hetero) is 8. The summed E-state index contributed by atoms with van der Waals surface area (Å²) in [6.07, 6.45) is 14.2. The number of aryl methyl sites for hydroxylation is 4. The summed E-state index contributed by atoms with van der Waals surface area (Å²) in [5.74, 6) is -6.19. The van der Waals surface area contributed by atoms with Crippen molar-refractivity contribution in [3.63, 3.8) is 0 Å². The maximum Gasteiger partial charge on any atom is 0.338 e. The molecule has 5 atom stereocenters. The summed E-state index contributed by atoms with van der Waals surface area (Å²) < 4.78 is 25.8. The smallest absolute Gasteiger partial charge is 0.338 e. The third kappa shape index (κ3) is 38.7. The zero-order valence-corrected chi connectivity index (χ0v) is 73.9. The molecule has 8 aromatic rings. The van der Waals surface area contributed by atoms with Gasteiger partial charge in [0.25, 0.3) is 0 Å². The van der Waals surface area contributed by atoms with Crippen molar-refractivity contribution in [1.82, 2.24) is 0 Å². The highest BCUT2D eigenvalue weighted by atomic mass is 16.6. The molecule has 0 saturated heterocycles. The van der Waals surface area contributed by atoms with Gasteiger partial charge in [-0.3, -0.25) is 38.4 Å². The van der Waals surface area contributed by atoms with Gasteiger partial charge in [-0.1, -0.05) is 48.5 Å². The van der Waals surface area contributed by atoms with Gasteiger partial charge < -0.3 is 23.7 Å². The first-order chi connectivity index (χ1) is 63.2. The minimum Gasteiger partial charge on any atom is -0.462 e. The molecule has 0 radical (unpaired) electrons. The summed E-state index contributed by atoms with van der Waals surface area (Å²) in [7, 11) is 0. The molecular weight excluding hydrogens is 1700 g/mol. The first-order valence-corrected chi connectivity index (χ1v) is 41.1. The molecule has 132 heavy (non-hydrogen) atoms. The number of esters is 4. The summed E-state index contributed by atoms with van der Waals surface area (Å²) in [6.45, 7) is 13.9. The highest BCUT2D eigenvalue weighted by molar-refractivity contribution is 5.96. The Hall–Kier alpha value is -16.0. The summed E-state index contributed by atoms with van der Waals surface area (Å²) in [6, 6.07) is 44.7. The van der Waals surface area contributed by atoms with Crippen molar-refractivity contribution in [2.75, 3.05) is 33.0 Å². The third-order valence-corrected chi connectivity index (χ3v) is 20.1. The van der Waals surface area contributed by atoms with Crippen molar-refractivity contribution >= 4 is 164 Å². The topological polar surface area (TPSA) is 486 Å². The number of hydrogen-bond acceptors (Lipinski definition) is 33. The van der Waals surface area contributed by atoms with Gasteiger partial charge in [0.05, 0.1) is 81.0 Å². The molecule has 0 aliphatic heterocycles. The molecule has 5 unspecified atom stereocenters. The van der Waals surface area contributed by atoms with Crippen LogP contribution in [0.4, 0.5) is 45.5 Å². The monoisotopic (exact) mass is 1790 g/mol. The number of aliphatic imine (C=N–C) groups is 8. The van der Waals surface area contributed by atoms with E-state index in [1.165, 1.54) is 180 Å². The van der Waals surface area contributed by atoms with E-state index in [1.54, 1.807) is 75.4 Å². The van der Waals surface area contributed by atoms with Crippen LogP contribution in [-0.4, -0.2) is 158 Å². The second-order valence-corrected chi connectivity index (χ2v) is 30.0. The number of rotatable bonds is 47. The van der Waals surface area contributed by atoms with Crippen LogP contribution in [0.2, 0.25) is 0 Å². The van der Waals surface area contributed by atoms with Gasteiger partial charge in [0, 0.05) is 55.8 Å². The molecule has 33 heteroatoms. The van der Waals surface area contributed by atoms with Crippen LogP contribution in [0.3, 0.4) is 0 Å². The molecule has 0 fully saturated rings. The van der Waals surface area contributed by atoms with E-state index >= 15 is 0 Å². The van der Waals surface area contributed by atoms with Crippen molar-refractivity contribution in [2.24, 2.45) is 63.6 Å². The second-order valence-electron chi connectivity index (χ2n) is 30.0. The summed E-state index contributed by atoms with van der Waals surface area (Å²) in [4.78, 5) is 258. The molecule has 33 nitrogen and oxygen atoms in total. The normalized spacial score (nSPS) is 11.2. The maximum atomic E-state index is 12.6. The molecule has 0 spiro atoms. The summed E-state index contributed by atoms with van der Waals surface area (Å²) in [5, 5.41) is 0. The van der Waals surface area contributed by atoms with Crippen LogP contribution in [0.25, 0.3) is 0 Å². The average molecular weight is 1800 g/mol. The van der Waals surface area contributed by atoms with Crippen molar-refractivity contribution in [1.29, 1.82) is 0 Å². The predicted octanol–water partition coefficient (Wildman–Crippen LogP) is 15.9. The molecule has 0 heterocycles. The lowest BCUT2D eigenvalue weighted by Gasteiger charge is -2.17. The molecule has 8 aromatic carbocycles. The molecule has 680 valence electrons. The molecular formula is C99H94N8O25. The zero-order chi connectivity index (χ0) is 97.0. The third-order valence-electron chi connectivity index (χ3n) is 20.1. The fourth-order valence-electron chi connectivity index (χ4n) is 12.6. The largest absolute Gasteiger partial charge is 0.462 e. The van der Waals surface area contributed by atoms with Crippen molar-refractivity contribution < 1.29 is 120 Å². The number of carbonyl (C=O) groups excluding carboxylic acids is 20. The van der Waals surface area contributed by atoms with Crippen molar-refractivity contribution in [2.45, 2.75) is 145 Å². The lowest BCUT2D eigenvalue weighted by atomic mass is 9.89. The van der Waals surface area contributed by atoms with Gasteiger partial charge in [-0.2, -0.15) is 39.9 Å². The standard InChI is InChI=1S/C27H28N2O6.C25H24N2O7.C24H22N2O6.C23H20N2O6/c1-19-7-8-21(15-26(19)29-18-31)14-23(20(2)32)16-25(33)6-4-3-5-13-35-27(34)22-9-11-24(12-10-22)28-17-30;1-17-3-4-19(12-24(17)27-16-29)11-21(18(2)30)13-23(31)14-33-9-10-34-25(32)20-5-7-22(8-6-20)26-15-28;1-15-4-5-18(11-22(15)26-14-28)10-20(16(2)29)12-23(30)17(3)32-24(31)19-6-8-21(9-7-19)25-13-27;1-15-3-4-17(10-22(15)25-14-27)9-19(16(2)28)11-21(29)12-31-23(30)18-5-7-20(8-6-18)24-13-26/h7-12,15,23H,3-6,13-14,16H2,1-2H3;3-8,12,21H,9-11,13-14H2,1-2H3;4-9,11,17,20H,10,12H2,1-3H3;3-8,10,19H,9,11-12H2,1-2H3. The number of unbranched alkanes of at least 4 members (excludes halogenated alkanes) is 2. The molecule has 0 aliphatic carbocycles. The number of carbonyl (C=O) groups is 12. The lowest BCUT2D eigenvalue weighted by molar-refractivity contribution is -0.131. The Balaban J connectivity index is 0.000000312. The van der Waals surface area contributed by atoms with Gasteiger partial charge >= 0.3 is 23.9 Å². The number of isocyanates is 8. The van der Waals surface area contributed by atoms with Gasteiger partial charge in [-0.15, -0.1) is 0 Å². The summed E-state index contributed by atoms with van der Waals surface area (Å²) in [5.41, 5.74) is 10.7. The van der Waals surface area contributed by atoms with E-state index in [0.29, 0.717) is 89.6 Å². The number of hydrogen-bond donors (Lipinski definition) is 0. The van der Waals surface area contributed by atoms with E-state index in [9.17, 15) is 95.9 Å². The van der Waals surface area contributed by atoms with E-state index < -0.39 is 66.0 Å². The first-order valence-electron chi connectivity index (χ1n) is 41.1. The quantitative estimate of drug-likeness (QED) is 0.0112. The Labute approximate surface area is 758 Å². The van der Waals surface area contributed by atoms with Crippen molar-refractivity contribution in [3.8, 4) is 0 Å². The van der Waals surface area contributed by atoms with Crippen LogP contribution < -0.4 is 0 Å². The lowest BCUT2D eigenvalue weighted by Crippen LogP contribution is -2.28. The van der Waals surface area contributed by atoms with Crippen LogP contribution in [0.15, 0.2) is 210 Å². The number of benzene rings is 8. The fraction of sp³-hybridized carbons (Fsp3) is 0.313.